The lowest BCUT2D eigenvalue weighted by atomic mass is 10.2. The molecule has 0 aromatic heterocycles. The molecule has 0 unspecified atom stereocenters. The zero-order valence-electron chi connectivity index (χ0n) is 8.00. The Labute approximate surface area is 95.3 Å². The van der Waals surface area contributed by atoms with Crippen LogP contribution in [-0.2, 0) is 0 Å². The molecule has 6 heteroatoms. The van der Waals surface area contributed by atoms with Crippen LogP contribution in [0.25, 0.3) is 0 Å². The SMILES string of the molecule is CNC(=O)NNC(=O)c1ccccc1Br. The quantitative estimate of drug-likeness (QED) is 0.668. The number of urea groups is 1. The van der Waals surface area contributed by atoms with Crippen molar-refractivity contribution >= 4 is 27.9 Å². The molecule has 0 fully saturated rings. The lowest BCUT2D eigenvalue weighted by molar-refractivity contribution is 0.0936. The van der Waals surface area contributed by atoms with Crippen LogP contribution >= 0.6 is 15.9 Å². The van der Waals surface area contributed by atoms with Gasteiger partial charge in [-0.15, -0.1) is 0 Å². The Morgan fingerprint density at radius 2 is 1.87 bits per heavy atom. The van der Waals surface area contributed by atoms with E-state index in [1.165, 1.54) is 7.05 Å². The third-order valence-corrected chi connectivity index (χ3v) is 2.33. The summed E-state index contributed by atoms with van der Waals surface area (Å²) in [7, 11) is 1.46. The second kappa shape index (κ2) is 5.35. The van der Waals surface area contributed by atoms with Gasteiger partial charge in [0, 0.05) is 11.5 Å². The molecule has 0 bridgehead atoms. The third-order valence-electron chi connectivity index (χ3n) is 1.64. The van der Waals surface area contributed by atoms with Crippen LogP contribution in [0.4, 0.5) is 4.79 Å². The third kappa shape index (κ3) is 3.25. The van der Waals surface area contributed by atoms with Crippen molar-refractivity contribution in [2.24, 2.45) is 0 Å². The number of nitrogens with one attached hydrogen (secondary N) is 3. The van der Waals surface area contributed by atoms with E-state index in [0.29, 0.717) is 10.0 Å². The molecule has 3 N–H and O–H groups in total. The fourth-order valence-corrected chi connectivity index (χ4v) is 1.35. The Morgan fingerprint density at radius 1 is 1.20 bits per heavy atom. The molecule has 80 valence electrons. The van der Waals surface area contributed by atoms with Gasteiger partial charge in [0.2, 0.25) is 0 Å². The Bertz CT molecular complexity index is 381. The summed E-state index contributed by atoms with van der Waals surface area (Å²) in [6.07, 6.45) is 0. The summed E-state index contributed by atoms with van der Waals surface area (Å²) in [5.41, 5.74) is 4.90. The molecular weight excluding hydrogens is 262 g/mol. The van der Waals surface area contributed by atoms with Gasteiger partial charge in [-0.05, 0) is 28.1 Å². The standard InChI is InChI=1S/C9H10BrN3O2/c1-11-9(15)13-12-8(14)6-4-2-3-5-7(6)10/h2-5H,1H3,(H,12,14)(H2,11,13,15). The highest BCUT2D eigenvalue weighted by Gasteiger charge is 2.08. The van der Waals surface area contributed by atoms with Crippen molar-refractivity contribution in [2.45, 2.75) is 0 Å². The zero-order chi connectivity index (χ0) is 11.3. The molecule has 0 spiro atoms. The predicted octanol–water partition coefficient (Wildman–Crippen LogP) is 1.02. The number of carbonyl (C=O) groups is 2. The number of benzene rings is 1. The first-order valence-corrected chi connectivity index (χ1v) is 4.97. The molecule has 1 aromatic carbocycles. The lowest BCUT2D eigenvalue weighted by Crippen LogP contribution is -2.45. The van der Waals surface area contributed by atoms with E-state index in [1.807, 2.05) is 0 Å². The molecule has 0 saturated carbocycles. The average Bonchev–Trinajstić information content (AvgIpc) is 2.26. The molecule has 3 amide bonds. The van der Waals surface area contributed by atoms with E-state index in [4.69, 9.17) is 0 Å². The minimum Gasteiger partial charge on any atom is -0.340 e. The van der Waals surface area contributed by atoms with Gasteiger partial charge in [0.1, 0.15) is 0 Å². The van der Waals surface area contributed by atoms with Crippen LogP contribution in [-0.4, -0.2) is 19.0 Å². The largest absolute Gasteiger partial charge is 0.340 e. The second-order valence-corrected chi connectivity index (χ2v) is 3.49. The Kier molecular flexibility index (Phi) is 4.11. The zero-order valence-corrected chi connectivity index (χ0v) is 9.59. The molecule has 0 aliphatic carbocycles. The summed E-state index contributed by atoms with van der Waals surface area (Å²) in [6.45, 7) is 0. The summed E-state index contributed by atoms with van der Waals surface area (Å²) in [4.78, 5) is 22.3. The van der Waals surface area contributed by atoms with Crippen LogP contribution in [0, 0.1) is 0 Å². The Balaban J connectivity index is 2.62. The highest BCUT2D eigenvalue weighted by atomic mass is 79.9. The highest BCUT2D eigenvalue weighted by Crippen LogP contribution is 2.14. The fraction of sp³-hybridized carbons (Fsp3) is 0.111. The van der Waals surface area contributed by atoms with Gasteiger partial charge < -0.3 is 5.32 Å². The topological polar surface area (TPSA) is 70.2 Å². The molecule has 5 nitrogen and oxygen atoms in total. The van der Waals surface area contributed by atoms with E-state index in [1.54, 1.807) is 24.3 Å². The smallest absolute Gasteiger partial charge is 0.333 e. The molecule has 0 atom stereocenters. The monoisotopic (exact) mass is 271 g/mol. The van der Waals surface area contributed by atoms with Gasteiger partial charge in [-0.1, -0.05) is 12.1 Å². The van der Waals surface area contributed by atoms with Gasteiger partial charge in [0.15, 0.2) is 0 Å². The first-order valence-electron chi connectivity index (χ1n) is 4.17. The maximum Gasteiger partial charge on any atom is 0.333 e. The number of hydrogen-bond donors (Lipinski definition) is 3. The van der Waals surface area contributed by atoms with Crippen LogP contribution in [0.1, 0.15) is 10.4 Å². The highest BCUT2D eigenvalue weighted by molar-refractivity contribution is 9.10. The van der Waals surface area contributed by atoms with E-state index in [2.05, 4.69) is 32.1 Å². The van der Waals surface area contributed by atoms with Crippen LogP contribution in [0.15, 0.2) is 28.7 Å². The van der Waals surface area contributed by atoms with Crippen LogP contribution in [0.5, 0.6) is 0 Å². The molecule has 0 saturated heterocycles. The summed E-state index contributed by atoms with van der Waals surface area (Å²) in [5.74, 6) is -0.383. The van der Waals surface area contributed by atoms with Gasteiger partial charge in [-0.25, -0.2) is 10.2 Å². The van der Waals surface area contributed by atoms with Gasteiger partial charge in [-0.2, -0.15) is 0 Å². The van der Waals surface area contributed by atoms with E-state index in [0.717, 1.165) is 0 Å². The molecule has 0 radical (unpaired) electrons. The second-order valence-electron chi connectivity index (χ2n) is 2.64. The van der Waals surface area contributed by atoms with Crippen molar-refractivity contribution in [3.63, 3.8) is 0 Å². The van der Waals surface area contributed by atoms with Gasteiger partial charge in [0.25, 0.3) is 5.91 Å². The first-order chi connectivity index (χ1) is 7.15. The predicted molar refractivity (Wildman–Crippen MR) is 59.2 cm³/mol. The van der Waals surface area contributed by atoms with Crippen LogP contribution in [0.2, 0.25) is 0 Å². The molecule has 0 heterocycles. The Hall–Kier alpha value is -1.56. The number of rotatable bonds is 1. The van der Waals surface area contributed by atoms with Gasteiger partial charge in [0.05, 0.1) is 5.56 Å². The average molecular weight is 272 g/mol. The molecular formula is C9H10BrN3O2. The number of carbonyl (C=O) groups excluding carboxylic acids is 2. The summed E-state index contributed by atoms with van der Waals surface area (Å²) in [5, 5.41) is 2.31. The van der Waals surface area contributed by atoms with Crippen molar-refractivity contribution in [1.82, 2.24) is 16.2 Å². The molecule has 0 aliphatic heterocycles. The van der Waals surface area contributed by atoms with Gasteiger partial charge in [-0.3, -0.25) is 10.2 Å². The summed E-state index contributed by atoms with van der Waals surface area (Å²) in [6, 6.07) is 6.45. The normalized spacial score (nSPS) is 9.20. The Morgan fingerprint density at radius 3 is 2.47 bits per heavy atom. The van der Waals surface area contributed by atoms with Gasteiger partial charge >= 0.3 is 6.03 Å². The fourth-order valence-electron chi connectivity index (χ4n) is 0.889. The summed E-state index contributed by atoms with van der Waals surface area (Å²) < 4.78 is 0.668. The van der Waals surface area contributed by atoms with Crippen molar-refractivity contribution in [3.8, 4) is 0 Å². The minimum atomic E-state index is -0.476. The first kappa shape index (κ1) is 11.5. The molecule has 1 aromatic rings. The number of halogens is 1. The summed E-state index contributed by atoms with van der Waals surface area (Å²) >= 11 is 3.23. The number of hydrogen-bond acceptors (Lipinski definition) is 2. The lowest BCUT2D eigenvalue weighted by Gasteiger charge is -2.07. The van der Waals surface area contributed by atoms with Crippen molar-refractivity contribution in [3.05, 3.63) is 34.3 Å². The van der Waals surface area contributed by atoms with E-state index < -0.39 is 6.03 Å². The van der Waals surface area contributed by atoms with Crippen LogP contribution in [0.3, 0.4) is 0 Å². The van der Waals surface area contributed by atoms with Crippen molar-refractivity contribution < 1.29 is 9.59 Å². The van der Waals surface area contributed by atoms with E-state index in [-0.39, 0.29) is 5.91 Å². The maximum absolute atomic E-state index is 11.5. The maximum atomic E-state index is 11.5. The van der Waals surface area contributed by atoms with Crippen molar-refractivity contribution in [1.29, 1.82) is 0 Å². The number of hydrazine groups is 1. The molecule has 15 heavy (non-hydrogen) atoms. The molecule has 0 aliphatic rings. The van der Waals surface area contributed by atoms with E-state index >= 15 is 0 Å². The number of amides is 3. The molecule has 1 rings (SSSR count). The minimum absolute atomic E-state index is 0.383. The van der Waals surface area contributed by atoms with Crippen molar-refractivity contribution in [2.75, 3.05) is 7.05 Å². The van der Waals surface area contributed by atoms with E-state index in [9.17, 15) is 9.59 Å². The van der Waals surface area contributed by atoms with Crippen LogP contribution < -0.4 is 16.2 Å².